The Labute approximate surface area is 141 Å². The van der Waals surface area contributed by atoms with Gasteiger partial charge < -0.3 is 15.4 Å². The maximum absolute atomic E-state index is 13.0. The summed E-state index contributed by atoms with van der Waals surface area (Å²) in [5.74, 6) is -0.102. The van der Waals surface area contributed by atoms with Crippen molar-refractivity contribution < 1.29 is 13.2 Å². The third-order valence-electron chi connectivity index (χ3n) is 3.71. The van der Waals surface area contributed by atoms with Crippen molar-refractivity contribution in [3.8, 4) is 0 Å². The van der Waals surface area contributed by atoms with Crippen molar-refractivity contribution in [2.75, 3.05) is 6.54 Å². The topological polar surface area (TPSA) is 72.6 Å². The van der Waals surface area contributed by atoms with Crippen LogP contribution in [0.25, 0.3) is 0 Å². The molecular formula is C18H18N2O3S. The minimum Gasteiger partial charge on any atom is -0.449 e. The van der Waals surface area contributed by atoms with Crippen LogP contribution in [0.1, 0.15) is 11.8 Å². The molecule has 3 rings (SSSR count). The van der Waals surface area contributed by atoms with Gasteiger partial charge in [-0.05, 0) is 12.1 Å². The molecule has 2 N–H and O–H groups in total. The van der Waals surface area contributed by atoms with Gasteiger partial charge in [-0.25, -0.2) is 8.42 Å². The van der Waals surface area contributed by atoms with E-state index >= 15 is 0 Å². The van der Waals surface area contributed by atoms with Crippen LogP contribution in [0.5, 0.6) is 0 Å². The summed E-state index contributed by atoms with van der Waals surface area (Å²) >= 11 is 0. The monoisotopic (exact) mass is 342 g/mol. The maximum atomic E-state index is 13.0. The van der Waals surface area contributed by atoms with Crippen molar-refractivity contribution in [2.45, 2.75) is 11.1 Å². The van der Waals surface area contributed by atoms with Crippen LogP contribution in [0.2, 0.25) is 0 Å². The smallest absolute Gasteiger partial charge is 0.227 e. The fraction of sp³-hybridized carbons (Fsp3) is 0.111. The van der Waals surface area contributed by atoms with E-state index in [9.17, 15) is 8.42 Å². The highest BCUT2D eigenvalue weighted by molar-refractivity contribution is 7.95. The van der Waals surface area contributed by atoms with Crippen LogP contribution >= 0.6 is 0 Å². The quantitative estimate of drug-likeness (QED) is 0.846. The molecule has 124 valence electrons. The number of ether oxygens (including phenoxy) is 1. The first-order valence-electron chi connectivity index (χ1n) is 7.44. The second-order valence-electron chi connectivity index (χ2n) is 5.31. The highest BCUT2D eigenvalue weighted by atomic mass is 32.2. The molecule has 0 radical (unpaired) electrons. The molecule has 6 heteroatoms. The van der Waals surface area contributed by atoms with Crippen molar-refractivity contribution in [1.82, 2.24) is 4.90 Å². The normalized spacial score (nSPS) is 17.7. The molecule has 2 aromatic carbocycles. The number of nitrogens with zero attached hydrogens (tertiary/aromatic N) is 1. The summed E-state index contributed by atoms with van der Waals surface area (Å²) in [5, 5.41) is -0.0255. The third kappa shape index (κ3) is 2.76. The number of nitrogens with two attached hydrogens (primary N) is 1. The summed E-state index contributed by atoms with van der Waals surface area (Å²) in [7, 11) is -3.79. The molecule has 1 aliphatic rings. The largest absolute Gasteiger partial charge is 0.449 e. The zero-order valence-electron chi connectivity index (χ0n) is 13.0. The predicted molar refractivity (Wildman–Crippen MR) is 92.0 cm³/mol. The van der Waals surface area contributed by atoms with Gasteiger partial charge in [0, 0.05) is 12.1 Å². The number of benzene rings is 2. The van der Waals surface area contributed by atoms with E-state index in [-0.39, 0.29) is 15.8 Å². The van der Waals surface area contributed by atoms with Crippen LogP contribution in [-0.4, -0.2) is 19.9 Å². The average molecular weight is 342 g/mol. The Balaban J connectivity index is 2.06. The number of hydrogen-bond acceptors (Lipinski definition) is 5. The first kappa shape index (κ1) is 16.1. The molecule has 0 aliphatic carbocycles. The van der Waals surface area contributed by atoms with Gasteiger partial charge in [-0.15, -0.1) is 6.58 Å². The van der Waals surface area contributed by atoms with E-state index in [1.807, 2.05) is 30.3 Å². The highest BCUT2D eigenvalue weighted by Gasteiger charge is 2.40. The molecule has 0 saturated heterocycles. The van der Waals surface area contributed by atoms with Crippen molar-refractivity contribution >= 4 is 9.84 Å². The second-order valence-corrected chi connectivity index (χ2v) is 7.17. The lowest BCUT2D eigenvalue weighted by Crippen LogP contribution is -2.28. The van der Waals surface area contributed by atoms with Gasteiger partial charge in [0.1, 0.15) is 0 Å². The van der Waals surface area contributed by atoms with Gasteiger partial charge in [-0.1, -0.05) is 54.6 Å². The Kier molecular flexibility index (Phi) is 4.31. The molecule has 1 aliphatic heterocycles. The Hall–Kier alpha value is -2.73. The molecule has 24 heavy (non-hydrogen) atoms. The van der Waals surface area contributed by atoms with E-state index in [0.29, 0.717) is 6.54 Å². The minimum atomic E-state index is -3.79. The zero-order valence-corrected chi connectivity index (χ0v) is 13.8. The molecule has 0 fully saturated rings. The first-order valence-corrected chi connectivity index (χ1v) is 8.93. The maximum Gasteiger partial charge on any atom is 0.227 e. The Bertz CT molecular complexity index is 862. The summed E-state index contributed by atoms with van der Waals surface area (Å²) in [5.41, 5.74) is 6.77. The molecule has 0 saturated carbocycles. The summed E-state index contributed by atoms with van der Waals surface area (Å²) in [4.78, 5) is 1.79. The molecule has 0 spiro atoms. The highest BCUT2D eigenvalue weighted by Crippen LogP contribution is 2.39. The van der Waals surface area contributed by atoms with E-state index < -0.39 is 16.1 Å². The first-order chi connectivity index (χ1) is 11.6. The van der Waals surface area contributed by atoms with Gasteiger partial charge >= 0.3 is 0 Å². The van der Waals surface area contributed by atoms with Crippen molar-refractivity contribution in [3.63, 3.8) is 0 Å². The Morgan fingerprint density at radius 3 is 2.25 bits per heavy atom. The average Bonchev–Trinajstić information content (AvgIpc) is 2.94. The lowest BCUT2D eigenvalue weighted by Gasteiger charge is -2.26. The molecule has 0 bridgehead atoms. The van der Waals surface area contributed by atoms with Crippen LogP contribution in [0.4, 0.5) is 0 Å². The Morgan fingerprint density at radius 2 is 1.67 bits per heavy atom. The SMILES string of the molecule is C=CCN1C(S(=O)(=O)c2ccccc2)=C(N)OC1c1ccccc1. The second kappa shape index (κ2) is 6.41. The molecule has 2 aromatic rings. The third-order valence-corrected chi connectivity index (χ3v) is 5.55. The van der Waals surface area contributed by atoms with Crippen LogP contribution in [0.3, 0.4) is 0 Å². The van der Waals surface area contributed by atoms with E-state index in [2.05, 4.69) is 6.58 Å². The van der Waals surface area contributed by atoms with E-state index in [1.165, 1.54) is 12.1 Å². The number of sulfone groups is 1. The molecule has 1 heterocycles. The number of hydrogen-bond donors (Lipinski definition) is 1. The van der Waals surface area contributed by atoms with Crippen LogP contribution in [-0.2, 0) is 14.6 Å². The van der Waals surface area contributed by atoms with Crippen LogP contribution in [0, 0.1) is 0 Å². The van der Waals surface area contributed by atoms with E-state index in [4.69, 9.17) is 10.5 Å². The van der Waals surface area contributed by atoms with E-state index in [1.54, 1.807) is 29.2 Å². The van der Waals surface area contributed by atoms with Gasteiger partial charge in [0.2, 0.25) is 21.9 Å². The van der Waals surface area contributed by atoms with Crippen molar-refractivity contribution in [1.29, 1.82) is 0 Å². The molecule has 1 atom stereocenters. The fourth-order valence-corrected chi connectivity index (χ4v) is 4.19. The van der Waals surface area contributed by atoms with E-state index in [0.717, 1.165) is 5.56 Å². The predicted octanol–water partition coefficient (Wildman–Crippen LogP) is 2.76. The van der Waals surface area contributed by atoms with Crippen molar-refractivity contribution in [2.24, 2.45) is 5.73 Å². The van der Waals surface area contributed by atoms with Crippen LogP contribution in [0.15, 0.2) is 89.1 Å². The van der Waals surface area contributed by atoms with Gasteiger partial charge in [-0.3, -0.25) is 0 Å². The summed E-state index contributed by atoms with van der Waals surface area (Å²) in [6, 6.07) is 17.5. The van der Waals surface area contributed by atoms with Gasteiger partial charge in [0.25, 0.3) is 0 Å². The molecule has 0 aromatic heterocycles. The number of rotatable bonds is 5. The molecule has 1 unspecified atom stereocenters. The van der Waals surface area contributed by atoms with Crippen LogP contribution < -0.4 is 5.73 Å². The lowest BCUT2D eigenvalue weighted by atomic mass is 10.2. The summed E-state index contributed by atoms with van der Waals surface area (Å²) in [6.07, 6.45) is 1.02. The minimum absolute atomic E-state index is 0.0255. The molecule has 0 amide bonds. The van der Waals surface area contributed by atoms with Gasteiger partial charge in [-0.2, -0.15) is 0 Å². The molecular weight excluding hydrogens is 324 g/mol. The van der Waals surface area contributed by atoms with Crippen molar-refractivity contribution in [3.05, 3.63) is 89.8 Å². The summed E-state index contributed by atoms with van der Waals surface area (Å²) in [6.45, 7) is 4.00. The fourth-order valence-electron chi connectivity index (χ4n) is 2.66. The Morgan fingerprint density at radius 1 is 1.08 bits per heavy atom. The molecule has 5 nitrogen and oxygen atoms in total. The summed E-state index contributed by atoms with van der Waals surface area (Å²) < 4.78 is 31.7. The standard InChI is InChI=1S/C18H18N2O3S/c1-2-13-20-17(14-9-5-3-6-10-14)23-16(19)18(20)24(21,22)15-11-7-4-8-12-15/h2-12,17H,1,13,19H2. The van der Waals surface area contributed by atoms with Gasteiger partial charge in [0.15, 0.2) is 5.03 Å². The zero-order chi connectivity index (χ0) is 17.2. The van der Waals surface area contributed by atoms with Gasteiger partial charge in [0.05, 0.1) is 4.90 Å². The lowest BCUT2D eigenvalue weighted by molar-refractivity contribution is 0.0467.